The van der Waals surface area contributed by atoms with Gasteiger partial charge in [0, 0.05) is 45.7 Å². The van der Waals surface area contributed by atoms with E-state index in [9.17, 15) is 4.21 Å². The van der Waals surface area contributed by atoms with Crippen LogP contribution < -0.4 is 0 Å². The first-order valence-electron chi connectivity index (χ1n) is 0.721. The molecule has 0 radical (unpaired) electrons. The van der Waals surface area contributed by atoms with Gasteiger partial charge in [0.1, 0.15) is 0 Å². The van der Waals surface area contributed by atoms with Crippen LogP contribution in [0, 0.1) is 0 Å². The minimum absolute atomic E-state index is 1.78. The van der Waals surface area contributed by atoms with Crippen LogP contribution in [0.4, 0.5) is 0 Å². The second-order valence-electron chi connectivity index (χ2n) is 0.435. The van der Waals surface area contributed by atoms with E-state index in [4.69, 9.17) is 0 Å². The summed E-state index contributed by atoms with van der Waals surface area (Å²) < 4.78 is 8.05. The first-order valence-corrected chi connectivity index (χ1v) is 9.15. The number of hydrogen-bond donors (Lipinski definition) is 2. The van der Waals surface area contributed by atoms with Crippen molar-refractivity contribution in [1.29, 1.82) is 0 Å². The zero-order valence-corrected chi connectivity index (χ0v) is 8.16. The van der Waals surface area contributed by atoms with E-state index in [0.29, 0.717) is 0 Å². The molecule has 0 bridgehead atoms. The highest BCUT2D eigenvalue weighted by Crippen LogP contribution is 2.26. The predicted octanol–water partition coefficient (Wildman–Crippen LogP) is 1.55. The summed E-state index contributed by atoms with van der Waals surface area (Å²) in [5.74, 6) is 0. The van der Waals surface area contributed by atoms with Gasteiger partial charge in [-0.1, -0.05) is 11.7 Å². The number of hydrogen-bond acceptors (Lipinski definition) is 1. The maximum atomic E-state index is 10.1. The van der Waals surface area contributed by atoms with Gasteiger partial charge in [0.05, 0.1) is 0 Å². The molecule has 0 saturated carbocycles. The van der Waals surface area contributed by atoms with Crippen molar-refractivity contribution in [1.82, 2.24) is 0 Å². The second kappa shape index (κ2) is 2.31. The van der Waals surface area contributed by atoms with Crippen molar-refractivity contribution in [2.75, 3.05) is 0 Å². The second-order valence-corrected chi connectivity index (χ2v) is 21.3. The molecular formula is H2I2OS2. The topological polar surface area (TPSA) is 17.1 Å². The van der Waals surface area contributed by atoms with Crippen LogP contribution in [0.1, 0.15) is 0 Å². The van der Waals surface area contributed by atoms with Gasteiger partial charge < -0.3 is 0 Å². The number of thiol groups is 2. The third-order valence-corrected chi connectivity index (χ3v) is 0. The first kappa shape index (κ1) is 6.96. The Balaban J connectivity index is 3.47. The summed E-state index contributed by atoms with van der Waals surface area (Å²) >= 11 is 7.22. The highest BCUT2D eigenvalue weighted by Gasteiger charge is 1.87. The van der Waals surface area contributed by atoms with E-state index in [1.54, 1.807) is 42.4 Å². The third-order valence-electron chi connectivity index (χ3n) is 0. The lowest BCUT2D eigenvalue weighted by molar-refractivity contribution is 0.699. The van der Waals surface area contributed by atoms with Gasteiger partial charge in [-0.05, 0) is 0 Å². The van der Waals surface area contributed by atoms with Crippen molar-refractivity contribution in [2.24, 2.45) is 0 Å². The van der Waals surface area contributed by atoms with Gasteiger partial charge in [-0.25, -0.2) is 0 Å². The first-order chi connectivity index (χ1) is 2.00. The summed E-state index contributed by atoms with van der Waals surface area (Å²) in [5, 5.41) is 0. The maximum absolute atomic E-state index is 10.1. The molecule has 0 N–H and O–H groups in total. The minimum Gasteiger partial charge on any atom is -0.256 e. The standard InChI is InChI=1S/H2I2OS2/c1-5(2,3)4/h5H,(H,3,4). The Morgan fingerprint density at radius 1 is 1.60 bits per heavy atom. The molecule has 1 nitrogen and oxygen atoms in total. The molecule has 0 saturated heterocycles. The van der Waals surface area contributed by atoms with Crippen molar-refractivity contribution in [3.05, 3.63) is 0 Å². The molecule has 0 spiro atoms. The van der Waals surface area contributed by atoms with Crippen molar-refractivity contribution >= 4 is 57.4 Å². The Kier molecular flexibility index (Phi) is 3.22. The molecule has 0 aromatic carbocycles. The molecule has 0 amide bonds. The monoisotopic (exact) mass is 336 g/mol. The minimum atomic E-state index is -2.00. The van der Waals surface area contributed by atoms with Gasteiger partial charge in [-0.2, -0.15) is 0 Å². The van der Waals surface area contributed by atoms with Gasteiger partial charge in [0.15, 0.2) is 0 Å². The molecule has 0 aliphatic carbocycles. The molecule has 0 aliphatic heterocycles. The van der Waals surface area contributed by atoms with Gasteiger partial charge in [-0.3, -0.25) is 4.21 Å². The van der Waals surface area contributed by atoms with Gasteiger partial charge in [0.25, 0.3) is 0 Å². The van der Waals surface area contributed by atoms with E-state index in [1.165, 1.54) is 0 Å². The zero-order chi connectivity index (χ0) is 4.50. The van der Waals surface area contributed by atoms with Crippen LogP contribution in [-0.4, -0.2) is 4.21 Å². The van der Waals surface area contributed by atoms with E-state index in [2.05, 4.69) is 11.7 Å². The average molecular weight is 336 g/mol. The van der Waals surface area contributed by atoms with Crippen molar-refractivity contribution in [3.8, 4) is 0 Å². The van der Waals surface area contributed by atoms with Crippen LogP contribution in [-0.2, 0) is 3.31 Å². The Bertz CT molecular complexity index is 53.8. The largest absolute Gasteiger partial charge is 0.256 e. The van der Waals surface area contributed by atoms with E-state index in [-0.39, 0.29) is 0 Å². The van der Waals surface area contributed by atoms with E-state index >= 15 is 0 Å². The lowest BCUT2D eigenvalue weighted by Gasteiger charge is -1.88. The van der Waals surface area contributed by atoms with Crippen molar-refractivity contribution in [3.63, 3.8) is 0 Å². The van der Waals surface area contributed by atoms with Gasteiger partial charge in [0.2, 0.25) is 0 Å². The summed E-state index contributed by atoms with van der Waals surface area (Å²) in [6.07, 6.45) is 0. The molecule has 0 rings (SSSR count). The molecule has 0 aromatic rings. The zero-order valence-electron chi connectivity index (χ0n) is 2.06. The van der Waals surface area contributed by atoms with Crippen LogP contribution >= 0.6 is 54.1 Å². The average Bonchev–Trinajstić information content (AvgIpc) is 0.722. The lowest BCUT2D eigenvalue weighted by Crippen LogP contribution is -1.62. The Morgan fingerprint density at radius 3 is 1.60 bits per heavy atom. The summed E-state index contributed by atoms with van der Waals surface area (Å²) in [4.78, 5) is 0. The predicted molar refractivity (Wildman–Crippen MR) is 46.6 cm³/mol. The highest BCUT2D eigenvalue weighted by molar-refractivity contribution is 14.3. The number of halogens is 2. The van der Waals surface area contributed by atoms with Crippen LogP contribution in [0.3, 0.4) is 0 Å². The molecule has 0 fully saturated rings. The number of rotatable bonds is 0. The third kappa shape index (κ3) is 24.3. The molecule has 34 valence electrons. The summed E-state index contributed by atoms with van der Waals surface area (Å²) in [7, 11) is 0. The Hall–Kier alpha value is 1.96. The fourth-order valence-electron chi connectivity index (χ4n) is 0. The quantitative estimate of drug-likeness (QED) is 0.297. The van der Waals surface area contributed by atoms with Gasteiger partial charge >= 0.3 is 0 Å². The van der Waals surface area contributed by atoms with Crippen LogP contribution in [0.15, 0.2) is 0 Å². The molecule has 0 heterocycles. The summed E-state index contributed by atoms with van der Waals surface area (Å²) in [6, 6.07) is 0. The molecule has 0 aromatic heterocycles. The SMILES string of the molecule is O=[SH](S)(I)I. The van der Waals surface area contributed by atoms with E-state index in [0.717, 1.165) is 0 Å². The van der Waals surface area contributed by atoms with Crippen LogP contribution in [0.25, 0.3) is 0 Å². The van der Waals surface area contributed by atoms with Crippen LogP contribution in [0.2, 0.25) is 0 Å². The van der Waals surface area contributed by atoms with Crippen molar-refractivity contribution < 1.29 is 4.21 Å². The van der Waals surface area contributed by atoms with Crippen molar-refractivity contribution in [2.45, 2.75) is 0 Å². The fraction of sp³-hybridized carbons (Fsp3) is 0. The maximum Gasteiger partial charge on any atom is 0.0298 e. The molecular weight excluding hydrogens is 334 g/mol. The molecule has 5 heteroatoms. The molecule has 0 aliphatic rings. The summed E-state index contributed by atoms with van der Waals surface area (Å²) in [5.41, 5.74) is 0. The molecule has 5 heavy (non-hydrogen) atoms. The normalized spacial score (nSPS) is 15.0. The summed E-state index contributed by atoms with van der Waals surface area (Å²) in [6.45, 7) is 0. The Labute approximate surface area is 60.7 Å². The molecule has 0 atom stereocenters. The van der Waals surface area contributed by atoms with E-state index in [1.807, 2.05) is 0 Å². The lowest BCUT2D eigenvalue weighted by atomic mass is 16.0. The molecule has 0 unspecified atom stereocenters. The van der Waals surface area contributed by atoms with E-state index < -0.39 is 3.31 Å². The van der Waals surface area contributed by atoms with Gasteiger partial charge in [-0.15, -0.1) is 0 Å². The van der Waals surface area contributed by atoms with Crippen LogP contribution in [0.5, 0.6) is 0 Å². The Morgan fingerprint density at radius 2 is 1.60 bits per heavy atom. The highest BCUT2D eigenvalue weighted by atomic mass is 127. The smallest absolute Gasteiger partial charge is 0.0298 e. The fourth-order valence-corrected chi connectivity index (χ4v) is 0.